The molecule has 0 radical (unpaired) electrons. The van der Waals surface area contributed by atoms with Crippen molar-refractivity contribution in [2.75, 3.05) is 0 Å². The van der Waals surface area contributed by atoms with Crippen LogP contribution in [0.15, 0.2) is 46.1 Å². The predicted molar refractivity (Wildman–Crippen MR) is 62.2 cm³/mol. The fourth-order valence-electron chi connectivity index (χ4n) is 1.17. The predicted octanol–water partition coefficient (Wildman–Crippen LogP) is 3.97. The molecule has 0 saturated heterocycles. The third-order valence-corrected chi connectivity index (χ3v) is 2.42. The van der Waals surface area contributed by atoms with Gasteiger partial charge in [-0.1, -0.05) is 41.9 Å². The maximum Gasteiger partial charge on any atom is 0.434 e. The van der Waals surface area contributed by atoms with Crippen LogP contribution in [0.5, 0.6) is 0 Å². The second kappa shape index (κ2) is 5.74. The largest absolute Gasteiger partial charge is 0.434 e. The van der Waals surface area contributed by atoms with E-state index in [1.54, 1.807) is 6.07 Å². The Morgan fingerprint density at radius 1 is 0.950 bits per heavy atom. The molecule has 110 valence electrons. The smallest absolute Gasteiger partial charge is 0.383 e. The fraction of sp³-hybridized carbons (Fsp3) is 0.182. The maximum absolute atomic E-state index is 12.6. The van der Waals surface area contributed by atoms with Crippen LogP contribution < -0.4 is 5.73 Å². The fourth-order valence-corrected chi connectivity index (χ4v) is 1.31. The highest BCUT2D eigenvalue weighted by Crippen LogP contribution is 2.39. The number of rotatable bonds is 2. The van der Waals surface area contributed by atoms with Crippen LogP contribution in [-0.2, 0) is 0 Å². The summed E-state index contributed by atoms with van der Waals surface area (Å²) in [6.07, 6.45) is -10.8. The molecule has 1 aromatic rings. The molecule has 0 heterocycles. The average molecular weight is 317 g/mol. The van der Waals surface area contributed by atoms with E-state index in [0.29, 0.717) is 0 Å². The Balaban J connectivity index is 3.36. The highest BCUT2D eigenvalue weighted by molar-refractivity contribution is 6.30. The summed E-state index contributed by atoms with van der Waals surface area (Å²) in [6.45, 7) is 0. The zero-order valence-electron chi connectivity index (χ0n) is 9.56. The molecule has 1 rings (SSSR count). The van der Waals surface area contributed by atoms with E-state index < -0.39 is 28.9 Å². The summed E-state index contributed by atoms with van der Waals surface area (Å²) in [4.78, 5) is 2.78. The van der Waals surface area contributed by atoms with Crippen molar-refractivity contribution in [3.8, 4) is 0 Å². The van der Waals surface area contributed by atoms with Crippen LogP contribution in [0.25, 0.3) is 0 Å². The van der Waals surface area contributed by atoms with E-state index in [2.05, 4.69) is 4.99 Å². The Hall–Kier alpha value is -1.70. The number of halogens is 7. The lowest BCUT2D eigenvalue weighted by Crippen LogP contribution is -2.22. The van der Waals surface area contributed by atoms with Crippen LogP contribution in [0.2, 0.25) is 0 Å². The maximum atomic E-state index is 12.6. The number of aliphatic imine (C=N–C) groups is 1. The summed E-state index contributed by atoms with van der Waals surface area (Å²) in [5.41, 5.74) is 3.02. The molecule has 1 aromatic carbocycles. The van der Waals surface area contributed by atoms with Gasteiger partial charge in [-0.25, -0.2) is 4.99 Å². The summed E-state index contributed by atoms with van der Waals surface area (Å²) in [5.74, 6) is -0.722. The van der Waals surface area contributed by atoms with Crippen molar-refractivity contribution in [2.24, 2.45) is 10.7 Å². The molecule has 0 saturated carbocycles. The Morgan fingerprint density at radius 2 is 1.45 bits per heavy atom. The Bertz CT molecular complexity index is 530. The number of alkyl halides is 6. The van der Waals surface area contributed by atoms with Gasteiger partial charge < -0.3 is 5.73 Å². The van der Waals surface area contributed by atoms with E-state index in [0.717, 1.165) is 0 Å². The monoisotopic (exact) mass is 316 g/mol. The zero-order chi connectivity index (χ0) is 15.6. The molecule has 0 spiro atoms. The van der Waals surface area contributed by atoms with Crippen molar-refractivity contribution >= 4 is 17.4 Å². The van der Waals surface area contributed by atoms with Crippen LogP contribution >= 0.6 is 11.6 Å². The molecule has 2 nitrogen and oxygen atoms in total. The van der Waals surface area contributed by atoms with Gasteiger partial charge in [-0.2, -0.15) is 26.3 Å². The van der Waals surface area contributed by atoms with Gasteiger partial charge in [0.1, 0.15) is 5.84 Å². The van der Waals surface area contributed by atoms with E-state index in [1.807, 2.05) is 0 Å². The van der Waals surface area contributed by atoms with Crippen molar-refractivity contribution in [1.29, 1.82) is 0 Å². The van der Waals surface area contributed by atoms with Crippen molar-refractivity contribution < 1.29 is 26.3 Å². The lowest BCUT2D eigenvalue weighted by atomic mass is 10.2. The third kappa shape index (κ3) is 4.16. The van der Waals surface area contributed by atoms with E-state index in [1.165, 1.54) is 24.3 Å². The number of nitrogens with zero attached hydrogens (tertiary/aromatic N) is 1. The number of hydrogen-bond donors (Lipinski definition) is 1. The molecule has 0 fully saturated rings. The highest BCUT2D eigenvalue weighted by Gasteiger charge is 2.45. The van der Waals surface area contributed by atoms with Gasteiger partial charge >= 0.3 is 12.4 Å². The molecule has 0 atom stereocenters. The van der Waals surface area contributed by atoms with Gasteiger partial charge in [-0.05, 0) is 0 Å². The highest BCUT2D eigenvalue weighted by atomic mass is 35.5. The minimum atomic E-state index is -5.38. The summed E-state index contributed by atoms with van der Waals surface area (Å²) in [5, 5.41) is -2.37. The lowest BCUT2D eigenvalue weighted by Gasteiger charge is -2.13. The molecule has 0 bridgehead atoms. The van der Waals surface area contributed by atoms with Gasteiger partial charge in [-0.15, -0.1) is 0 Å². The van der Waals surface area contributed by atoms with Gasteiger partial charge in [0.2, 0.25) is 0 Å². The second-order valence-electron chi connectivity index (χ2n) is 3.52. The van der Waals surface area contributed by atoms with Gasteiger partial charge in [0, 0.05) is 5.56 Å². The Morgan fingerprint density at radius 3 is 1.85 bits per heavy atom. The van der Waals surface area contributed by atoms with E-state index in [-0.39, 0.29) is 5.56 Å². The van der Waals surface area contributed by atoms with Crippen LogP contribution in [0, 0.1) is 0 Å². The third-order valence-electron chi connectivity index (χ3n) is 2.03. The van der Waals surface area contributed by atoms with Crippen LogP contribution in [-0.4, -0.2) is 18.2 Å². The van der Waals surface area contributed by atoms with E-state index in [9.17, 15) is 26.3 Å². The standard InChI is InChI=1S/C11H7ClF6N2/c12-7(10(13,14)15)8(11(16,17)18)20-9(19)6-4-2-1-3-5-6/h1-5H,(H2,19,20)/b8-7+. The van der Waals surface area contributed by atoms with Crippen molar-refractivity contribution in [3.05, 3.63) is 46.6 Å². The molecule has 20 heavy (non-hydrogen) atoms. The number of benzene rings is 1. The first kappa shape index (κ1) is 16.4. The first-order chi connectivity index (χ1) is 9.03. The molecule has 0 aliphatic carbocycles. The first-order valence-corrected chi connectivity index (χ1v) is 5.35. The molecule has 0 aliphatic rings. The molecular formula is C11H7ClF6N2. The summed E-state index contributed by atoms with van der Waals surface area (Å²) < 4.78 is 74.6. The quantitative estimate of drug-likeness (QED) is 0.500. The first-order valence-electron chi connectivity index (χ1n) is 4.97. The van der Waals surface area contributed by atoms with Crippen LogP contribution in [0.3, 0.4) is 0 Å². The molecule has 0 aromatic heterocycles. The minimum Gasteiger partial charge on any atom is -0.383 e. The van der Waals surface area contributed by atoms with E-state index in [4.69, 9.17) is 17.3 Å². The average Bonchev–Trinajstić information content (AvgIpc) is 2.33. The van der Waals surface area contributed by atoms with Gasteiger partial charge in [0.25, 0.3) is 0 Å². The summed E-state index contributed by atoms with van der Waals surface area (Å²) in [7, 11) is 0. The Kier molecular flexibility index (Phi) is 4.69. The van der Waals surface area contributed by atoms with Crippen molar-refractivity contribution in [2.45, 2.75) is 12.4 Å². The SMILES string of the molecule is NC(=N/C(=C(/Cl)C(F)(F)F)C(F)(F)F)c1ccccc1. The number of allylic oxidation sites excluding steroid dienone is 2. The Labute approximate surface area is 114 Å². The van der Waals surface area contributed by atoms with Crippen LogP contribution in [0.4, 0.5) is 26.3 Å². The van der Waals surface area contributed by atoms with Gasteiger partial charge in [0.15, 0.2) is 10.7 Å². The molecule has 0 aliphatic heterocycles. The number of nitrogens with two attached hydrogens (primary N) is 1. The molecule has 2 N–H and O–H groups in total. The summed E-state index contributed by atoms with van der Waals surface area (Å²) >= 11 is 4.71. The van der Waals surface area contributed by atoms with Gasteiger partial charge in [-0.3, -0.25) is 0 Å². The van der Waals surface area contributed by atoms with Crippen LogP contribution in [0.1, 0.15) is 5.56 Å². The lowest BCUT2D eigenvalue weighted by molar-refractivity contribution is -0.111. The van der Waals surface area contributed by atoms with Crippen molar-refractivity contribution in [3.63, 3.8) is 0 Å². The molecule has 9 heteroatoms. The number of amidine groups is 1. The molecular weight excluding hydrogens is 310 g/mol. The molecule has 0 unspecified atom stereocenters. The number of hydrogen-bond acceptors (Lipinski definition) is 1. The van der Waals surface area contributed by atoms with Crippen molar-refractivity contribution in [1.82, 2.24) is 0 Å². The molecule has 0 amide bonds. The topological polar surface area (TPSA) is 38.4 Å². The van der Waals surface area contributed by atoms with E-state index >= 15 is 0 Å². The zero-order valence-corrected chi connectivity index (χ0v) is 10.3. The minimum absolute atomic E-state index is 0.0425. The van der Waals surface area contributed by atoms with Gasteiger partial charge in [0.05, 0.1) is 0 Å². The normalized spacial score (nSPS) is 15.1. The second-order valence-corrected chi connectivity index (χ2v) is 3.90. The summed E-state index contributed by atoms with van der Waals surface area (Å²) in [6, 6.07) is 7.04.